The first-order chi connectivity index (χ1) is 9.40. The van der Waals surface area contributed by atoms with Crippen molar-refractivity contribution in [2.45, 2.75) is 40.0 Å². The molecule has 2 atom stereocenters. The molecule has 8 heteroatoms. The van der Waals surface area contributed by atoms with Gasteiger partial charge in [-0.05, 0) is 18.8 Å². The molecule has 2 unspecified atom stereocenters. The fourth-order valence-corrected chi connectivity index (χ4v) is 2.30. The number of aliphatic hydroxyl groups is 1. The molecule has 0 bridgehead atoms. The number of hydrogen-bond donors (Lipinski definition) is 3. The quantitative estimate of drug-likeness (QED) is 0.354. The van der Waals surface area contributed by atoms with Crippen molar-refractivity contribution < 1.29 is 49.4 Å². The molecular formula is C13H24N3NaO4. The van der Waals surface area contributed by atoms with E-state index in [9.17, 15) is 14.7 Å². The summed E-state index contributed by atoms with van der Waals surface area (Å²) < 4.78 is 0. The summed E-state index contributed by atoms with van der Waals surface area (Å²) in [6.45, 7) is 6.10. The fourth-order valence-electron chi connectivity index (χ4n) is 2.30. The number of nitrogens with two attached hydrogens (primary N) is 1. The Hall–Kier alpha value is -0.470. The molecule has 0 aromatic carbocycles. The molecule has 0 saturated carbocycles. The zero-order valence-corrected chi connectivity index (χ0v) is 15.3. The molecule has 1 aliphatic heterocycles. The molecule has 2 amide bonds. The molecule has 0 aliphatic carbocycles. The van der Waals surface area contributed by atoms with Gasteiger partial charge in [-0.3, -0.25) is 9.59 Å². The maximum Gasteiger partial charge on any atom is 1.00 e. The van der Waals surface area contributed by atoms with E-state index >= 15 is 0 Å². The standard InChI is InChI=1S/C11H18N2O3.C2H7NO.Na/c1-4-6-7(3)11(5-2)8(14)12-10(16)13-9(11)15;3-1-2-4;/h7H,4-6H2,1-3H3,(H2,12,13,14,15,16);4H,1-3H2;/q;;+1/p-1. The molecule has 7 nitrogen and oxygen atoms in total. The Kier molecular flexibility index (Phi) is 12.1. The average Bonchev–Trinajstić information content (AvgIpc) is 2.39. The maximum atomic E-state index is 11.9. The molecule has 116 valence electrons. The van der Waals surface area contributed by atoms with E-state index in [-0.39, 0.29) is 42.1 Å². The van der Waals surface area contributed by atoms with E-state index in [2.05, 4.69) is 10.3 Å². The predicted molar refractivity (Wildman–Crippen MR) is 73.5 cm³/mol. The molecule has 1 aliphatic rings. The van der Waals surface area contributed by atoms with Crippen molar-refractivity contribution in [3.05, 3.63) is 0 Å². The largest absolute Gasteiger partial charge is 1.00 e. The van der Waals surface area contributed by atoms with E-state index in [1.807, 2.05) is 13.8 Å². The van der Waals surface area contributed by atoms with Gasteiger partial charge in [0, 0.05) is 6.54 Å². The van der Waals surface area contributed by atoms with E-state index in [1.54, 1.807) is 6.92 Å². The molecular weight excluding hydrogens is 285 g/mol. The van der Waals surface area contributed by atoms with Crippen LogP contribution in [0.1, 0.15) is 40.0 Å². The summed E-state index contributed by atoms with van der Waals surface area (Å²) in [5.74, 6) is -1.20. The summed E-state index contributed by atoms with van der Waals surface area (Å²) in [5, 5.41) is 20.8. The smallest absolute Gasteiger partial charge is 0.846 e. The predicted octanol–water partition coefficient (Wildman–Crippen LogP) is -3.87. The van der Waals surface area contributed by atoms with Gasteiger partial charge in [0.1, 0.15) is 5.41 Å². The summed E-state index contributed by atoms with van der Waals surface area (Å²) in [7, 11) is 0. The maximum absolute atomic E-state index is 11.9. The van der Waals surface area contributed by atoms with E-state index in [0.29, 0.717) is 13.0 Å². The van der Waals surface area contributed by atoms with E-state index < -0.39 is 23.3 Å². The van der Waals surface area contributed by atoms with Gasteiger partial charge in [0.15, 0.2) is 0 Å². The third-order valence-corrected chi connectivity index (χ3v) is 3.46. The molecule has 1 rings (SSSR count). The monoisotopic (exact) mass is 309 g/mol. The second kappa shape index (κ2) is 11.1. The molecule has 21 heavy (non-hydrogen) atoms. The molecule has 1 heterocycles. The summed E-state index contributed by atoms with van der Waals surface area (Å²) in [6, 6.07) is -0.845. The molecule has 4 N–H and O–H groups in total. The Morgan fingerprint density at radius 1 is 1.43 bits per heavy atom. The van der Waals surface area contributed by atoms with Crippen molar-refractivity contribution >= 4 is 17.8 Å². The molecule has 0 saturated heterocycles. The Labute approximate surface area is 147 Å². The summed E-state index contributed by atoms with van der Waals surface area (Å²) in [4.78, 5) is 27.1. The van der Waals surface area contributed by atoms with Crippen molar-refractivity contribution in [2.75, 3.05) is 13.2 Å². The number of hydrogen-bond acceptors (Lipinski definition) is 5. The van der Waals surface area contributed by atoms with Crippen LogP contribution in [0.25, 0.3) is 0 Å². The van der Waals surface area contributed by atoms with Gasteiger partial charge < -0.3 is 21.3 Å². The summed E-state index contributed by atoms with van der Waals surface area (Å²) >= 11 is 0. The first-order valence-corrected chi connectivity index (χ1v) is 6.83. The SMILES string of the molecule is CCCC(C)C1(CC)C(=O)N=C([O-])NC1=O.NCCO.[Na+]. The Bertz CT molecular complexity index is 374. The number of amides is 2. The third-order valence-electron chi connectivity index (χ3n) is 3.46. The summed E-state index contributed by atoms with van der Waals surface area (Å²) in [5.41, 5.74) is 3.63. The number of amidine groups is 1. The zero-order chi connectivity index (χ0) is 15.8. The van der Waals surface area contributed by atoms with Crippen molar-refractivity contribution in [1.82, 2.24) is 5.32 Å². The number of nitrogens with zero attached hydrogens (tertiary/aromatic N) is 1. The van der Waals surface area contributed by atoms with E-state index in [1.165, 1.54) is 0 Å². The van der Waals surface area contributed by atoms with Crippen LogP contribution in [0.2, 0.25) is 0 Å². The van der Waals surface area contributed by atoms with Gasteiger partial charge in [-0.2, -0.15) is 0 Å². The van der Waals surface area contributed by atoms with Crippen LogP contribution >= 0.6 is 0 Å². The molecule has 0 aromatic rings. The van der Waals surface area contributed by atoms with Gasteiger partial charge in [0.25, 0.3) is 5.91 Å². The minimum Gasteiger partial charge on any atom is -0.846 e. The van der Waals surface area contributed by atoms with Gasteiger partial charge in [0.05, 0.1) is 12.6 Å². The van der Waals surface area contributed by atoms with Gasteiger partial charge in [0.2, 0.25) is 5.91 Å². The molecule has 0 fully saturated rings. The molecule has 0 aromatic heterocycles. The number of carbonyl (C=O) groups excluding carboxylic acids is 2. The van der Waals surface area contributed by atoms with Crippen LogP contribution in [-0.4, -0.2) is 36.1 Å². The van der Waals surface area contributed by atoms with Crippen molar-refractivity contribution in [1.29, 1.82) is 0 Å². The minimum atomic E-state index is -1.15. The number of aliphatic imine (C=N–C) groups is 1. The number of carbonyl (C=O) groups is 2. The third kappa shape index (κ3) is 5.67. The van der Waals surface area contributed by atoms with Crippen LogP contribution in [-0.2, 0) is 9.59 Å². The minimum absolute atomic E-state index is 0. The van der Waals surface area contributed by atoms with Crippen LogP contribution < -0.4 is 45.7 Å². The van der Waals surface area contributed by atoms with Crippen LogP contribution in [0.3, 0.4) is 0 Å². The van der Waals surface area contributed by atoms with Gasteiger partial charge in [-0.15, -0.1) is 0 Å². The molecule has 0 spiro atoms. The Morgan fingerprint density at radius 2 is 1.95 bits per heavy atom. The van der Waals surface area contributed by atoms with E-state index in [4.69, 9.17) is 10.8 Å². The summed E-state index contributed by atoms with van der Waals surface area (Å²) in [6.07, 6.45) is 2.02. The topological polar surface area (TPSA) is 128 Å². The van der Waals surface area contributed by atoms with Crippen LogP contribution in [0.15, 0.2) is 4.99 Å². The first kappa shape index (κ1) is 22.8. The Balaban J connectivity index is 0. The zero-order valence-electron chi connectivity index (χ0n) is 13.3. The Morgan fingerprint density at radius 3 is 2.29 bits per heavy atom. The number of rotatable bonds is 5. The van der Waals surface area contributed by atoms with Gasteiger partial charge in [-0.25, -0.2) is 4.99 Å². The van der Waals surface area contributed by atoms with Gasteiger partial charge >= 0.3 is 29.6 Å². The van der Waals surface area contributed by atoms with Crippen LogP contribution in [0.5, 0.6) is 0 Å². The van der Waals surface area contributed by atoms with Crippen molar-refractivity contribution in [2.24, 2.45) is 22.1 Å². The average molecular weight is 309 g/mol. The molecule has 0 radical (unpaired) electrons. The van der Waals surface area contributed by atoms with Crippen LogP contribution in [0, 0.1) is 11.3 Å². The second-order valence-corrected chi connectivity index (χ2v) is 4.70. The van der Waals surface area contributed by atoms with Crippen molar-refractivity contribution in [3.8, 4) is 0 Å². The normalized spacial score (nSPS) is 22.2. The second-order valence-electron chi connectivity index (χ2n) is 4.70. The number of aliphatic hydroxyl groups excluding tert-OH is 1. The van der Waals surface area contributed by atoms with E-state index in [0.717, 1.165) is 12.8 Å². The van der Waals surface area contributed by atoms with Crippen molar-refractivity contribution in [3.63, 3.8) is 0 Å². The van der Waals surface area contributed by atoms with Crippen LogP contribution in [0.4, 0.5) is 0 Å². The number of nitrogens with one attached hydrogen (secondary N) is 1. The van der Waals surface area contributed by atoms with Gasteiger partial charge in [-0.1, -0.05) is 27.2 Å². The first-order valence-electron chi connectivity index (χ1n) is 6.83. The fraction of sp³-hybridized carbons (Fsp3) is 0.769.